The van der Waals surface area contributed by atoms with Gasteiger partial charge < -0.3 is 10.3 Å². The summed E-state index contributed by atoms with van der Waals surface area (Å²) in [4.78, 5) is 28.6. The lowest BCUT2D eigenvalue weighted by atomic mass is 10.0. The number of rotatable bonds is 4. The fourth-order valence-electron chi connectivity index (χ4n) is 3.03. The number of nitrogens with one attached hydrogen (secondary N) is 2. The number of amides is 1. The maximum absolute atomic E-state index is 13.3. The number of pyridine rings is 1. The topological polar surface area (TPSA) is 62.0 Å². The van der Waals surface area contributed by atoms with E-state index in [-0.39, 0.29) is 17.3 Å². The second-order valence-corrected chi connectivity index (χ2v) is 7.05. The number of para-hydroxylation sites is 1. The van der Waals surface area contributed by atoms with Gasteiger partial charge in [0.25, 0.3) is 5.91 Å². The molecule has 0 bridgehead atoms. The predicted molar refractivity (Wildman–Crippen MR) is 105 cm³/mol. The summed E-state index contributed by atoms with van der Waals surface area (Å²) in [7, 11) is 0. The standard InChI is InChI=1S/C21H15FN2O2S/c22-14-9-7-13(8-10-14)20(18-6-3-11-27-18)24-21(26)16-12-19(25)23-17-5-2-1-4-15(16)17/h1-12,20H,(H,23,25)(H,24,26). The van der Waals surface area contributed by atoms with Crippen LogP contribution in [-0.4, -0.2) is 10.9 Å². The Labute approximate surface area is 158 Å². The maximum Gasteiger partial charge on any atom is 0.252 e. The number of carbonyl (C=O) groups is 1. The average Bonchev–Trinajstić information content (AvgIpc) is 3.20. The van der Waals surface area contributed by atoms with Gasteiger partial charge in [0.1, 0.15) is 5.82 Å². The summed E-state index contributed by atoms with van der Waals surface area (Å²) in [6.07, 6.45) is 0. The van der Waals surface area contributed by atoms with Crippen molar-refractivity contribution in [1.29, 1.82) is 0 Å². The molecule has 1 unspecified atom stereocenters. The van der Waals surface area contributed by atoms with Crippen LogP contribution < -0.4 is 10.9 Å². The first-order chi connectivity index (χ1) is 13.1. The van der Waals surface area contributed by atoms with Crippen molar-refractivity contribution in [1.82, 2.24) is 10.3 Å². The smallest absolute Gasteiger partial charge is 0.252 e. The predicted octanol–water partition coefficient (Wildman–Crippen LogP) is 4.25. The van der Waals surface area contributed by atoms with Gasteiger partial charge in [0.2, 0.25) is 5.56 Å². The van der Waals surface area contributed by atoms with Crippen LogP contribution in [0.4, 0.5) is 4.39 Å². The molecule has 4 aromatic rings. The van der Waals surface area contributed by atoms with Gasteiger partial charge >= 0.3 is 0 Å². The van der Waals surface area contributed by atoms with Crippen LogP contribution in [0.15, 0.2) is 76.9 Å². The minimum Gasteiger partial charge on any atom is -0.340 e. The van der Waals surface area contributed by atoms with Crippen LogP contribution in [0.3, 0.4) is 0 Å². The SMILES string of the molecule is O=C(NC(c1ccc(F)cc1)c1cccs1)c1cc(=O)[nH]c2ccccc12. The molecule has 1 amide bonds. The molecule has 0 fully saturated rings. The summed E-state index contributed by atoms with van der Waals surface area (Å²) < 4.78 is 13.3. The number of H-pyrrole nitrogens is 1. The third-order valence-electron chi connectivity index (χ3n) is 4.30. The summed E-state index contributed by atoms with van der Waals surface area (Å²) in [5.41, 5.74) is 1.33. The summed E-state index contributed by atoms with van der Waals surface area (Å²) in [6, 6.07) is 17.9. The molecule has 0 saturated heterocycles. The number of hydrogen-bond donors (Lipinski definition) is 2. The number of halogens is 1. The number of fused-ring (bicyclic) bond motifs is 1. The van der Waals surface area contributed by atoms with E-state index in [4.69, 9.17) is 0 Å². The number of aromatic amines is 1. The van der Waals surface area contributed by atoms with Gasteiger partial charge in [0.05, 0.1) is 11.6 Å². The third kappa shape index (κ3) is 3.52. The molecule has 2 N–H and O–H groups in total. The van der Waals surface area contributed by atoms with Gasteiger partial charge in [0.15, 0.2) is 0 Å². The van der Waals surface area contributed by atoms with Crippen LogP contribution in [0.5, 0.6) is 0 Å². The van der Waals surface area contributed by atoms with Crippen LogP contribution in [0, 0.1) is 5.82 Å². The molecule has 2 aromatic heterocycles. The summed E-state index contributed by atoms with van der Waals surface area (Å²) in [5, 5.41) is 5.57. The Bertz CT molecular complexity index is 1150. The van der Waals surface area contributed by atoms with E-state index in [0.717, 1.165) is 10.4 Å². The maximum atomic E-state index is 13.3. The van der Waals surface area contributed by atoms with Gasteiger partial charge in [-0.15, -0.1) is 11.3 Å². The van der Waals surface area contributed by atoms with E-state index >= 15 is 0 Å². The van der Waals surface area contributed by atoms with Gasteiger partial charge in [-0.1, -0.05) is 36.4 Å². The zero-order chi connectivity index (χ0) is 18.8. The highest BCUT2D eigenvalue weighted by Gasteiger charge is 2.20. The fraction of sp³-hybridized carbons (Fsp3) is 0.0476. The number of aromatic nitrogens is 1. The highest BCUT2D eigenvalue weighted by molar-refractivity contribution is 7.10. The summed E-state index contributed by atoms with van der Waals surface area (Å²) in [6.45, 7) is 0. The Balaban J connectivity index is 1.75. The van der Waals surface area contributed by atoms with Crippen LogP contribution >= 0.6 is 11.3 Å². The molecular weight excluding hydrogens is 363 g/mol. The van der Waals surface area contributed by atoms with E-state index in [0.29, 0.717) is 16.5 Å². The van der Waals surface area contributed by atoms with Gasteiger partial charge in [-0.25, -0.2) is 4.39 Å². The van der Waals surface area contributed by atoms with Crippen molar-refractivity contribution in [3.8, 4) is 0 Å². The quantitative estimate of drug-likeness (QED) is 0.558. The Hall–Kier alpha value is -3.25. The fourth-order valence-corrected chi connectivity index (χ4v) is 3.83. The molecular formula is C21H15FN2O2S. The van der Waals surface area contributed by atoms with E-state index in [1.807, 2.05) is 23.6 Å². The average molecular weight is 378 g/mol. The van der Waals surface area contributed by atoms with Crippen LogP contribution in [0.2, 0.25) is 0 Å². The highest BCUT2D eigenvalue weighted by atomic mass is 32.1. The van der Waals surface area contributed by atoms with Crippen LogP contribution in [0.1, 0.15) is 26.8 Å². The molecule has 27 heavy (non-hydrogen) atoms. The number of hydrogen-bond acceptors (Lipinski definition) is 3. The summed E-state index contributed by atoms with van der Waals surface area (Å²) >= 11 is 1.50. The normalized spacial score (nSPS) is 12.0. The molecule has 1 atom stereocenters. The lowest BCUT2D eigenvalue weighted by molar-refractivity contribution is 0.0945. The Morgan fingerprint density at radius 3 is 2.56 bits per heavy atom. The van der Waals surface area contributed by atoms with Crippen LogP contribution in [-0.2, 0) is 0 Å². The summed E-state index contributed by atoms with van der Waals surface area (Å²) in [5.74, 6) is -0.699. The molecule has 2 heterocycles. The zero-order valence-corrected chi connectivity index (χ0v) is 14.9. The Kier molecular flexibility index (Phi) is 4.56. The van der Waals surface area contributed by atoms with Crippen LogP contribution in [0.25, 0.3) is 10.9 Å². The molecule has 4 rings (SSSR count). The number of carbonyl (C=O) groups excluding carboxylic acids is 1. The lowest BCUT2D eigenvalue weighted by Crippen LogP contribution is -2.30. The molecule has 4 nitrogen and oxygen atoms in total. The monoisotopic (exact) mass is 378 g/mol. The largest absolute Gasteiger partial charge is 0.340 e. The first-order valence-corrected chi connectivity index (χ1v) is 9.21. The van der Waals surface area contributed by atoms with Gasteiger partial charge in [0, 0.05) is 21.8 Å². The van der Waals surface area contributed by atoms with E-state index in [1.54, 1.807) is 30.3 Å². The van der Waals surface area contributed by atoms with E-state index in [1.165, 1.54) is 29.5 Å². The molecule has 0 spiro atoms. The van der Waals surface area contributed by atoms with E-state index < -0.39 is 6.04 Å². The molecule has 0 aliphatic rings. The highest BCUT2D eigenvalue weighted by Crippen LogP contribution is 2.27. The molecule has 0 radical (unpaired) electrons. The lowest BCUT2D eigenvalue weighted by Gasteiger charge is -2.19. The molecule has 6 heteroatoms. The van der Waals surface area contributed by atoms with Gasteiger partial charge in [-0.05, 0) is 35.2 Å². The molecule has 0 aliphatic carbocycles. The number of benzene rings is 2. The Morgan fingerprint density at radius 2 is 1.81 bits per heavy atom. The molecule has 2 aromatic carbocycles. The third-order valence-corrected chi connectivity index (χ3v) is 5.24. The minimum absolute atomic E-state index is 0.304. The van der Waals surface area contributed by atoms with Crippen molar-refractivity contribution in [3.63, 3.8) is 0 Å². The van der Waals surface area contributed by atoms with Crippen molar-refractivity contribution < 1.29 is 9.18 Å². The zero-order valence-electron chi connectivity index (χ0n) is 14.1. The van der Waals surface area contributed by atoms with Crippen molar-refractivity contribution >= 4 is 28.1 Å². The van der Waals surface area contributed by atoms with E-state index in [9.17, 15) is 14.0 Å². The van der Waals surface area contributed by atoms with E-state index in [2.05, 4.69) is 10.3 Å². The van der Waals surface area contributed by atoms with Crippen molar-refractivity contribution in [3.05, 3.63) is 104 Å². The second kappa shape index (κ2) is 7.17. The second-order valence-electron chi connectivity index (χ2n) is 6.07. The molecule has 0 aliphatic heterocycles. The molecule has 134 valence electrons. The van der Waals surface area contributed by atoms with Crippen molar-refractivity contribution in [2.75, 3.05) is 0 Å². The Morgan fingerprint density at radius 1 is 1.04 bits per heavy atom. The van der Waals surface area contributed by atoms with Gasteiger partial charge in [-0.3, -0.25) is 9.59 Å². The molecule has 0 saturated carbocycles. The first kappa shape index (κ1) is 17.2. The minimum atomic E-state index is -0.434. The van der Waals surface area contributed by atoms with Crippen molar-refractivity contribution in [2.45, 2.75) is 6.04 Å². The number of thiophene rings is 1. The van der Waals surface area contributed by atoms with Gasteiger partial charge in [-0.2, -0.15) is 0 Å². The van der Waals surface area contributed by atoms with Crippen molar-refractivity contribution in [2.24, 2.45) is 0 Å². The first-order valence-electron chi connectivity index (χ1n) is 8.33.